The normalized spacial score (nSPS) is 29.2. The maximum absolute atomic E-state index is 10.1. The first-order valence-corrected chi connectivity index (χ1v) is 5.97. The lowest BCUT2D eigenvalue weighted by Crippen LogP contribution is -2.41. The fraction of sp³-hybridized carbons (Fsp3) is 0.538. The summed E-state index contributed by atoms with van der Waals surface area (Å²) < 4.78 is 5.51. The number of hydrogen-bond acceptors (Lipinski definition) is 3. The molecule has 0 amide bonds. The lowest BCUT2D eigenvalue weighted by atomic mass is 9.92. The van der Waals surface area contributed by atoms with E-state index in [1.807, 2.05) is 18.2 Å². The molecule has 2 atom stereocenters. The second-order valence-electron chi connectivity index (χ2n) is 4.56. The highest BCUT2D eigenvalue weighted by molar-refractivity contribution is 5.57. The predicted molar refractivity (Wildman–Crippen MR) is 62.6 cm³/mol. The van der Waals surface area contributed by atoms with Crippen molar-refractivity contribution < 1.29 is 9.84 Å². The van der Waals surface area contributed by atoms with Gasteiger partial charge in [-0.3, -0.25) is 0 Å². The van der Waals surface area contributed by atoms with Gasteiger partial charge in [0.25, 0.3) is 0 Å². The molecule has 2 heterocycles. The van der Waals surface area contributed by atoms with Crippen molar-refractivity contribution in [2.45, 2.75) is 25.0 Å². The lowest BCUT2D eigenvalue weighted by Gasteiger charge is -2.39. The van der Waals surface area contributed by atoms with E-state index in [-0.39, 0.29) is 6.10 Å². The first kappa shape index (κ1) is 10.1. The zero-order valence-corrected chi connectivity index (χ0v) is 9.30. The van der Waals surface area contributed by atoms with Crippen LogP contribution in [-0.2, 0) is 4.74 Å². The van der Waals surface area contributed by atoms with E-state index < -0.39 is 0 Å². The highest BCUT2D eigenvalue weighted by atomic mass is 16.5. The van der Waals surface area contributed by atoms with Crippen LogP contribution in [0.4, 0.5) is 5.69 Å². The predicted octanol–water partition coefficient (Wildman–Crippen LogP) is 1.72. The number of fused-ring (bicyclic) bond motifs is 3. The molecule has 2 aliphatic heterocycles. The number of ether oxygens (including phenoxy) is 1. The van der Waals surface area contributed by atoms with Gasteiger partial charge in [0, 0.05) is 30.4 Å². The number of benzene rings is 1. The van der Waals surface area contributed by atoms with Crippen molar-refractivity contribution in [1.82, 2.24) is 0 Å². The molecule has 1 aromatic rings. The molecular formula is C13H17NO2. The Labute approximate surface area is 95.6 Å². The molecule has 0 saturated carbocycles. The summed E-state index contributed by atoms with van der Waals surface area (Å²) in [6.45, 7) is 2.55. The van der Waals surface area contributed by atoms with Gasteiger partial charge in [0.05, 0.1) is 12.7 Å². The first-order chi connectivity index (χ1) is 7.86. The van der Waals surface area contributed by atoms with E-state index in [9.17, 15) is 5.11 Å². The van der Waals surface area contributed by atoms with Crippen molar-refractivity contribution in [2.75, 3.05) is 24.7 Å². The molecule has 0 aliphatic carbocycles. The number of rotatable bonds is 0. The Bertz CT molecular complexity index is 380. The van der Waals surface area contributed by atoms with Crippen molar-refractivity contribution >= 4 is 5.69 Å². The molecule has 16 heavy (non-hydrogen) atoms. The number of hydrogen-bond donors (Lipinski definition) is 1. The molecule has 0 radical (unpaired) electrons. The van der Waals surface area contributed by atoms with Gasteiger partial charge < -0.3 is 14.7 Å². The minimum absolute atomic E-state index is 0.310. The Balaban J connectivity index is 2.00. The van der Waals surface area contributed by atoms with E-state index in [1.165, 1.54) is 5.69 Å². The Morgan fingerprint density at radius 1 is 1.25 bits per heavy atom. The number of aliphatic hydroxyl groups excluding tert-OH is 1. The highest BCUT2D eigenvalue weighted by Crippen LogP contribution is 2.38. The molecule has 1 aromatic carbocycles. The van der Waals surface area contributed by atoms with Gasteiger partial charge in [-0.15, -0.1) is 0 Å². The molecule has 1 fully saturated rings. The van der Waals surface area contributed by atoms with Crippen molar-refractivity contribution in [3.05, 3.63) is 29.8 Å². The van der Waals surface area contributed by atoms with Crippen LogP contribution < -0.4 is 4.90 Å². The third-order valence-electron chi connectivity index (χ3n) is 3.61. The van der Waals surface area contributed by atoms with Crippen molar-refractivity contribution in [3.8, 4) is 0 Å². The second-order valence-corrected chi connectivity index (χ2v) is 4.56. The van der Waals surface area contributed by atoms with Gasteiger partial charge in [0.2, 0.25) is 0 Å². The third-order valence-corrected chi connectivity index (χ3v) is 3.61. The molecule has 2 unspecified atom stereocenters. The minimum atomic E-state index is -0.310. The summed E-state index contributed by atoms with van der Waals surface area (Å²) in [4.78, 5) is 2.40. The van der Waals surface area contributed by atoms with Crippen LogP contribution in [-0.4, -0.2) is 30.9 Å². The molecule has 3 rings (SSSR count). The number of anilines is 1. The van der Waals surface area contributed by atoms with E-state index in [0.29, 0.717) is 6.04 Å². The topological polar surface area (TPSA) is 32.7 Å². The summed E-state index contributed by atoms with van der Waals surface area (Å²) in [5.41, 5.74) is 2.26. The average Bonchev–Trinajstić information content (AvgIpc) is 2.55. The molecule has 1 saturated heterocycles. The molecule has 86 valence electrons. The summed E-state index contributed by atoms with van der Waals surface area (Å²) >= 11 is 0. The molecule has 3 nitrogen and oxygen atoms in total. The van der Waals surface area contributed by atoms with Gasteiger partial charge in [-0.05, 0) is 18.9 Å². The highest BCUT2D eigenvalue weighted by Gasteiger charge is 2.31. The van der Waals surface area contributed by atoms with E-state index in [1.54, 1.807) is 0 Å². The lowest BCUT2D eigenvalue weighted by molar-refractivity contribution is 0.135. The SMILES string of the molecule is OC1CC2CCOCCN2c2ccccc21. The van der Waals surface area contributed by atoms with Crippen LogP contribution >= 0.6 is 0 Å². The van der Waals surface area contributed by atoms with Crippen LogP contribution in [0.25, 0.3) is 0 Å². The summed E-state index contributed by atoms with van der Waals surface area (Å²) in [5, 5.41) is 10.1. The molecule has 0 aromatic heterocycles. The number of para-hydroxylation sites is 1. The maximum atomic E-state index is 10.1. The van der Waals surface area contributed by atoms with Gasteiger partial charge in [0.15, 0.2) is 0 Å². The van der Waals surface area contributed by atoms with E-state index in [0.717, 1.165) is 38.2 Å². The van der Waals surface area contributed by atoms with Crippen LogP contribution in [0.15, 0.2) is 24.3 Å². The summed E-state index contributed by atoms with van der Waals surface area (Å²) in [7, 11) is 0. The van der Waals surface area contributed by atoms with Gasteiger partial charge in [-0.1, -0.05) is 18.2 Å². The first-order valence-electron chi connectivity index (χ1n) is 5.97. The summed E-state index contributed by atoms with van der Waals surface area (Å²) in [6.07, 6.45) is 1.54. The van der Waals surface area contributed by atoms with Crippen LogP contribution in [0.3, 0.4) is 0 Å². The van der Waals surface area contributed by atoms with Crippen LogP contribution in [0.2, 0.25) is 0 Å². The smallest absolute Gasteiger partial charge is 0.0829 e. The molecular weight excluding hydrogens is 202 g/mol. The fourth-order valence-electron chi connectivity index (χ4n) is 2.80. The Kier molecular flexibility index (Phi) is 2.58. The van der Waals surface area contributed by atoms with Gasteiger partial charge >= 0.3 is 0 Å². The fourth-order valence-corrected chi connectivity index (χ4v) is 2.80. The number of nitrogens with zero attached hydrogens (tertiary/aromatic N) is 1. The Hall–Kier alpha value is -1.06. The second kappa shape index (κ2) is 4.07. The maximum Gasteiger partial charge on any atom is 0.0829 e. The van der Waals surface area contributed by atoms with Gasteiger partial charge in [-0.25, -0.2) is 0 Å². The summed E-state index contributed by atoms with van der Waals surface area (Å²) in [6, 6.07) is 8.61. The van der Waals surface area contributed by atoms with Crippen LogP contribution in [0.1, 0.15) is 24.5 Å². The monoisotopic (exact) mass is 219 g/mol. The van der Waals surface area contributed by atoms with E-state index >= 15 is 0 Å². The van der Waals surface area contributed by atoms with Crippen LogP contribution in [0, 0.1) is 0 Å². The minimum Gasteiger partial charge on any atom is -0.388 e. The average molecular weight is 219 g/mol. The molecule has 1 N–H and O–H groups in total. The Morgan fingerprint density at radius 3 is 3.06 bits per heavy atom. The van der Waals surface area contributed by atoms with Crippen molar-refractivity contribution in [2.24, 2.45) is 0 Å². The molecule has 3 heteroatoms. The quantitative estimate of drug-likeness (QED) is 0.721. The molecule has 0 bridgehead atoms. The van der Waals surface area contributed by atoms with Crippen molar-refractivity contribution in [1.29, 1.82) is 0 Å². The van der Waals surface area contributed by atoms with Crippen molar-refractivity contribution in [3.63, 3.8) is 0 Å². The summed E-state index contributed by atoms with van der Waals surface area (Å²) in [5.74, 6) is 0. The van der Waals surface area contributed by atoms with Gasteiger partial charge in [-0.2, -0.15) is 0 Å². The number of aliphatic hydroxyl groups is 1. The van der Waals surface area contributed by atoms with E-state index in [4.69, 9.17) is 4.74 Å². The standard InChI is InChI=1S/C13H17NO2/c15-13-9-10-5-7-16-8-6-14(10)12-4-2-1-3-11(12)13/h1-4,10,13,15H,5-9H2. The molecule has 0 spiro atoms. The van der Waals surface area contributed by atoms with E-state index in [2.05, 4.69) is 11.0 Å². The van der Waals surface area contributed by atoms with Gasteiger partial charge in [0.1, 0.15) is 0 Å². The Morgan fingerprint density at radius 2 is 2.12 bits per heavy atom. The third kappa shape index (κ3) is 1.60. The zero-order chi connectivity index (χ0) is 11.0. The largest absolute Gasteiger partial charge is 0.388 e. The zero-order valence-electron chi connectivity index (χ0n) is 9.30. The van der Waals surface area contributed by atoms with Crippen LogP contribution in [0.5, 0.6) is 0 Å². The molecule has 2 aliphatic rings.